The topological polar surface area (TPSA) is 58.6 Å². The second-order valence-electron chi connectivity index (χ2n) is 6.26. The van der Waals surface area contributed by atoms with Crippen LogP contribution < -0.4 is 5.32 Å². The summed E-state index contributed by atoms with van der Waals surface area (Å²) in [5, 5.41) is 2.83. The van der Waals surface area contributed by atoms with Gasteiger partial charge in [0.1, 0.15) is 12.1 Å². The SMILES string of the molecule is CCC1OCCC1CN1C(=O)C(C(C)C)NC(=O)C1C. The largest absolute Gasteiger partial charge is 0.378 e. The van der Waals surface area contributed by atoms with Gasteiger partial charge in [-0.15, -0.1) is 0 Å². The zero-order valence-corrected chi connectivity index (χ0v) is 12.9. The molecule has 0 spiro atoms. The van der Waals surface area contributed by atoms with Gasteiger partial charge in [-0.25, -0.2) is 0 Å². The summed E-state index contributed by atoms with van der Waals surface area (Å²) in [5.74, 6) is 0.470. The van der Waals surface area contributed by atoms with E-state index >= 15 is 0 Å². The zero-order valence-electron chi connectivity index (χ0n) is 12.9. The highest BCUT2D eigenvalue weighted by atomic mass is 16.5. The molecule has 0 radical (unpaired) electrons. The lowest BCUT2D eigenvalue weighted by Crippen LogP contribution is -2.64. The average molecular weight is 282 g/mol. The van der Waals surface area contributed by atoms with Crippen LogP contribution in [0.5, 0.6) is 0 Å². The highest BCUT2D eigenvalue weighted by Crippen LogP contribution is 2.26. The molecule has 0 saturated carbocycles. The van der Waals surface area contributed by atoms with Crippen LogP contribution in [0.25, 0.3) is 0 Å². The maximum atomic E-state index is 12.6. The lowest BCUT2D eigenvalue weighted by Gasteiger charge is -2.40. The Labute approximate surface area is 121 Å². The van der Waals surface area contributed by atoms with Crippen LogP contribution in [0.15, 0.2) is 0 Å². The molecule has 0 aromatic heterocycles. The lowest BCUT2D eigenvalue weighted by molar-refractivity contribution is -0.150. The van der Waals surface area contributed by atoms with Crippen LogP contribution in [0.1, 0.15) is 40.5 Å². The van der Waals surface area contributed by atoms with Crippen molar-refractivity contribution in [2.24, 2.45) is 11.8 Å². The third-order valence-electron chi connectivity index (χ3n) is 4.54. The Bertz CT molecular complexity index is 383. The average Bonchev–Trinajstić information content (AvgIpc) is 2.85. The Kier molecular flexibility index (Phi) is 4.68. The van der Waals surface area contributed by atoms with Crippen molar-refractivity contribution < 1.29 is 14.3 Å². The summed E-state index contributed by atoms with van der Waals surface area (Å²) in [6, 6.07) is -0.767. The molecule has 0 aromatic rings. The summed E-state index contributed by atoms with van der Waals surface area (Å²) < 4.78 is 5.69. The van der Waals surface area contributed by atoms with Gasteiger partial charge in [-0.1, -0.05) is 20.8 Å². The molecular weight excluding hydrogens is 256 g/mol. The van der Waals surface area contributed by atoms with E-state index in [4.69, 9.17) is 4.74 Å². The number of carbonyl (C=O) groups excluding carboxylic acids is 2. The molecule has 0 aliphatic carbocycles. The predicted molar refractivity (Wildman–Crippen MR) is 76.1 cm³/mol. The van der Waals surface area contributed by atoms with Gasteiger partial charge in [0, 0.05) is 19.1 Å². The van der Waals surface area contributed by atoms with Crippen LogP contribution in [0, 0.1) is 11.8 Å². The summed E-state index contributed by atoms with van der Waals surface area (Å²) in [6.07, 6.45) is 2.15. The van der Waals surface area contributed by atoms with Crippen LogP contribution in [0.4, 0.5) is 0 Å². The van der Waals surface area contributed by atoms with Gasteiger partial charge in [0.15, 0.2) is 0 Å². The first-order chi connectivity index (χ1) is 9.45. The number of nitrogens with zero attached hydrogens (tertiary/aromatic N) is 1. The molecule has 0 aromatic carbocycles. The van der Waals surface area contributed by atoms with Crippen LogP contribution in [-0.4, -0.2) is 48.1 Å². The Morgan fingerprint density at radius 1 is 1.40 bits per heavy atom. The molecule has 2 rings (SSSR count). The van der Waals surface area contributed by atoms with E-state index in [1.165, 1.54) is 0 Å². The number of ether oxygens (including phenoxy) is 1. The fraction of sp³-hybridized carbons (Fsp3) is 0.867. The van der Waals surface area contributed by atoms with Crippen LogP contribution in [0.3, 0.4) is 0 Å². The third kappa shape index (κ3) is 2.82. The van der Waals surface area contributed by atoms with E-state index in [0.29, 0.717) is 12.5 Å². The molecule has 2 fully saturated rings. The molecule has 0 bridgehead atoms. The normalized spacial score (nSPS) is 34.8. The predicted octanol–water partition coefficient (Wildman–Crippen LogP) is 1.17. The standard InChI is InChI=1S/C15H26N2O3/c1-5-12-11(6-7-20-12)8-17-10(4)14(18)16-13(9(2)3)15(17)19/h9-13H,5-8H2,1-4H3,(H,16,18). The molecule has 4 atom stereocenters. The Balaban J connectivity index is 2.11. The van der Waals surface area contributed by atoms with E-state index in [9.17, 15) is 9.59 Å². The number of piperazine rings is 1. The van der Waals surface area contributed by atoms with Crippen molar-refractivity contribution in [1.29, 1.82) is 0 Å². The molecule has 2 saturated heterocycles. The first-order valence-electron chi connectivity index (χ1n) is 7.68. The van der Waals surface area contributed by atoms with Crippen molar-refractivity contribution in [3.8, 4) is 0 Å². The molecule has 20 heavy (non-hydrogen) atoms. The molecule has 4 unspecified atom stereocenters. The molecule has 2 amide bonds. The Morgan fingerprint density at radius 3 is 2.70 bits per heavy atom. The van der Waals surface area contributed by atoms with Gasteiger partial charge >= 0.3 is 0 Å². The maximum absolute atomic E-state index is 12.6. The van der Waals surface area contributed by atoms with Crippen molar-refractivity contribution in [1.82, 2.24) is 10.2 Å². The number of carbonyl (C=O) groups is 2. The minimum absolute atomic E-state index is 0.0461. The highest BCUT2D eigenvalue weighted by molar-refractivity contribution is 5.96. The first kappa shape index (κ1) is 15.3. The van der Waals surface area contributed by atoms with Crippen molar-refractivity contribution >= 4 is 11.8 Å². The summed E-state index contributed by atoms with van der Waals surface area (Å²) in [6.45, 7) is 9.23. The number of hydrogen-bond donors (Lipinski definition) is 1. The fourth-order valence-electron chi connectivity index (χ4n) is 3.15. The fourth-order valence-corrected chi connectivity index (χ4v) is 3.15. The molecule has 114 valence electrons. The molecule has 2 aliphatic rings. The van der Waals surface area contributed by atoms with E-state index in [1.807, 2.05) is 13.8 Å². The monoisotopic (exact) mass is 282 g/mol. The highest BCUT2D eigenvalue weighted by Gasteiger charge is 2.41. The quantitative estimate of drug-likeness (QED) is 0.842. The van der Waals surface area contributed by atoms with Crippen molar-refractivity contribution in [3.05, 3.63) is 0 Å². The van der Waals surface area contributed by atoms with Crippen molar-refractivity contribution in [2.75, 3.05) is 13.2 Å². The molecule has 2 aliphatic heterocycles. The van der Waals surface area contributed by atoms with Gasteiger partial charge < -0.3 is 15.0 Å². The van der Waals surface area contributed by atoms with Gasteiger partial charge in [0.25, 0.3) is 0 Å². The third-order valence-corrected chi connectivity index (χ3v) is 4.54. The summed E-state index contributed by atoms with van der Waals surface area (Å²) >= 11 is 0. The zero-order chi connectivity index (χ0) is 14.9. The molecular formula is C15H26N2O3. The maximum Gasteiger partial charge on any atom is 0.246 e. The second kappa shape index (κ2) is 6.12. The van der Waals surface area contributed by atoms with Crippen LogP contribution in [-0.2, 0) is 14.3 Å². The van der Waals surface area contributed by atoms with Gasteiger partial charge in [0.05, 0.1) is 6.10 Å². The van der Waals surface area contributed by atoms with Gasteiger partial charge in [-0.05, 0) is 25.7 Å². The summed E-state index contributed by atoms with van der Waals surface area (Å²) in [4.78, 5) is 26.4. The molecule has 2 heterocycles. The Hall–Kier alpha value is -1.10. The van der Waals surface area contributed by atoms with E-state index in [-0.39, 0.29) is 35.9 Å². The van der Waals surface area contributed by atoms with Gasteiger partial charge in [-0.2, -0.15) is 0 Å². The van der Waals surface area contributed by atoms with E-state index in [2.05, 4.69) is 12.2 Å². The van der Waals surface area contributed by atoms with Crippen LogP contribution in [0.2, 0.25) is 0 Å². The van der Waals surface area contributed by atoms with E-state index in [0.717, 1.165) is 19.4 Å². The number of hydrogen-bond acceptors (Lipinski definition) is 3. The summed E-state index contributed by atoms with van der Waals surface area (Å²) in [7, 11) is 0. The molecule has 1 N–H and O–H groups in total. The Morgan fingerprint density at radius 2 is 2.10 bits per heavy atom. The van der Waals surface area contributed by atoms with E-state index in [1.54, 1.807) is 11.8 Å². The van der Waals surface area contributed by atoms with Gasteiger partial charge in [0.2, 0.25) is 11.8 Å². The first-order valence-corrected chi connectivity index (χ1v) is 7.68. The van der Waals surface area contributed by atoms with Crippen LogP contribution >= 0.6 is 0 Å². The second-order valence-corrected chi connectivity index (χ2v) is 6.26. The summed E-state index contributed by atoms with van der Waals surface area (Å²) in [5.41, 5.74) is 0. The van der Waals surface area contributed by atoms with Crippen molar-refractivity contribution in [3.63, 3.8) is 0 Å². The van der Waals surface area contributed by atoms with E-state index < -0.39 is 0 Å². The minimum atomic E-state index is -0.388. The molecule has 5 nitrogen and oxygen atoms in total. The van der Waals surface area contributed by atoms with Crippen molar-refractivity contribution in [2.45, 2.75) is 58.7 Å². The molecule has 5 heteroatoms. The lowest BCUT2D eigenvalue weighted by atomic mass is 9.94. The number of nitrogens with one attached hydrogen (secondary N) is 1. The van der Waals surface area contributed by atoms with Gasteiger partial charge in [-0.3, -0.25) is 9.59 Å². The smallest absolute Gasteiger partial charge is 0.246 e. The minimum Gasteiger partial charge on any atom is -0.378 e. The number of amides is 2. The number of rotatable bonds is 4.